The van der Waals surface area contributed by atoms with Gasteiger partial charge in [-0.2, -0.15) is 0 Å². The molecule has 6 nitrogen and oxygen atoms in total. The second kappa shape index (κ2) is 8.48. The molecule has 1 N–H and O–H groups in total. The normalized spacial score (nSPS) is 15.5. The first-order valence-corrected chi connectivity index (χ1v) is 9.78. The van der Waals surface area contributed by atoms with Gasteiger partial charge in [-0.15, -0.1) is 4.72 Å². The lowest BCUT2D eigenvalue weighted by atomic mass is 9.89. The smallest absolute Gasteiger partial charge is 0.269 e. The molecule has 0 fully saturated rings. The lowest BCUT2D eigenvalue weighted by molar-refractivity contribution is -0.385. The minimum atomic E-state index is -1.53. The number of nitrogens with one attached hydrogen (secondary N) is 1. The molecule has 0 saturated heterocycles. The average Bonchev–Trinajstić information content (AvgIpc) is 2.45. The van der Waals surface area contributed by atoms with Crippen molar-refractivity contribution in [3.8, 4) is 0 Å². The zero-order valence-electron chi connectivity index (χ0n) is 14.9. The monoisotopic (exact) mass is 390 g/mol. The maximum absolute atomic E-state index is 14.4. The first kappa shape index (κ1) is 21.9. The molecule has 9 heteroatoms. The van der Waals surface area contributed by atoms with Gasteiger partial charge in [0, 0.05) is 41.7 Å². The molecule has 0 aromatic heterocycles. The zero-order chi connectivity index (χ0) is 19.4. The van der Waals surface area contributed by atoms with Gasteiger partial charge in [0.15, 0.2) is 5.12 Å². The van der Waals surface area contributed by atoms with Crippen LogP contribution in [0.4, 0.5) is 10.1 Å². The summed E-state index contributed by atoms with van der Waals surface area (Å²) in [7, 11) is 0. The van der Waals surface area contributed by atoms with Gasteiger partial charge in [-0.25, -0.2) is 4.39 Å². The number of hydrogen-bond acceptors (Lipinski definition) is 6. The third-order valence-electron chi connectivity index (χ3n) is 3.54. The molecule has 1 unspecified atom stereocenters. The highest BCUT2D eigenvalue weighted by Gasteiger charge is 2.39. The summed E-state index contributed by atoms with van der Waals surface area (Å²) in [4.78, 5) is 21.6. The third-order valence-corrected chi connectivity index (χ3v) is 6.10. The summed E-state index contributed by atoms with van der Waals surface area (Å²) in [5, 5.41) is 10.9. The number of non-ortho nitro benzene ring substituents is 1. The highest BCUT2D eigenvalue weighted by atomic mass is 32.2. The number of thioether (sulfide) groups is 1. The lowest BCUT2D eigenvalue weighted by Crippen LogP contribution is -2.50. The predicted octanol–water partition coefficient (Wildman–Crippen LogP) is 3.67. The second-order valence-corrected chi connectivity index (χ2v) is 10.1. The van der Waals surface area contributed by atoms with Crippen LogP contribution in [0.2, 0.25) is 0 Å². The largest absolute Gasteiger partial charge is 0.598 e. The number of carbonyl (C=O) groups is 1. The number of rotatable bonds is 7. The molecule has 1 aromatic carbocycles. The Balaban J connectivity index is 3.27. The molecule has 0 radical (unpaired) electrons. The van der Waals surface area contributed by atoms with Crippen LogP contribution < -0.4 is 4.72 Å². The zero-order valence-corrected chi connectivity index (χ0v) is 16.6. The molecule has 0 heterocycles. The lowest BCUT2D eigenvalue weighted by Gasteiger charge is -2.35. The molecule has 1 aromatic rings. The minimum absolute atomic E-state index is 0.0588. The molecule has 0 amide bonds. The van der Waals surface area contributed by atoms with E-state index >= 15 is 0 Å². The van der Waals surface area contributed by atoms with Crippen LogP contribution in [-0.4, -0.2) is 25.1 Å². The van der Waals surface area contributed by atoms with Gasteiger partial charge in [0.05, 0.1) is 10.5 Å². The van der Waals surface area contributed by atoms with Gasteiger partial charge in [-0.3, -0.25) is 14.9 Å². The van der Waals surface area contributed by atoms with Crippen LogP contribution in [0.3, 0.4) is 0 Å². The molecule has 25 heavy (non-hydrogen) atoms. The highest BCUT2D eigenvalue weighted by molar-refractivity contribution is 8.13. The van der Waals surface area contributed by atoms with E-state index in [2.05, 4.69) is 4.72 Å². The number of nitro benzene ring substituents is 1. The number of nitro groups is 1. The Bertz CT molecular complexity index is 652. The Morgan fingerprint density at radius 1 is 1.36 bits per heavy atom. The van der Waals surface area contributed by atoms with Crippen molar-refractivity contribution < 1.29 is 18.7 Å². The maximum Gasteiger partial charge on any atom is 0.269 e. The van der Waals surface area contributed by atoms with Gasteiger partial charge in [0.1, 0.15) is 10.6 Å². The van der Waals surface area contributed by atoms with Gasteiger partial charge >= 0.3 is 0 Å². The van der Waals surface area contributed by atoms with Crippen LogP contribution in [0.5, 0.6) is 0 Å². The Hall–Kier alpha value is -1.16. The molecule has 0 bridgehead atoms. The topological polar surface area (TPSA) is 95.3 Å². The summed E-state index contributed by atoms with van der Waals surface area (Å²) in [6.07, 6.45) is 0.275. The number of carbonyl (C=O) groups excluding carboxylic acids is 1. The standard InChI is InChI=1S/C16H23FN2O4S2/c1-11(20)24-9-8-16(5,18-25(23)15(2,3)4)13-10-12(19(21)22)6-7-14(13)17/h6-7,10,18H,8-9H2,1-5H3/t16-,25?/m1/s1. The number of hydrogen-bond donors (Lipinski definition) is 1. The van der Waals surface area contributed by atoms with E-state index in [0.717, 1.165) is 30.0 Å². The summed E-state index contributed by atoms with van der Waals surface area (Å²) in [6.45, 7) is 8.37. The van der Waals surface area contributed by atoms with E-state index in [1.807, 2.05) is 0 Å². The van der Waals surface area contributed by atoms with E-state index in [-0.39, 0.29) is 22.8 Å². The quantitative estimate of drug-likeness (QED) is 0.434. The van der Waals surface area contributed by atoms with Crippen molar-refractivity contribution >= 4 is 33.9 Å². The van der Waals surface area contributed by atoms with Crippen LogP contribution >= 0.6 is 11.8 Å². The van der Waals surface area contributed by atoms with E-state index in [0.29, 0.717) is 5.75 Å². The number of nitrogens with zero attached hydrogens (tertiary/aromatic N) is 1. The van der Waals surface area contributed by atoms with Crippen molar-refractivity contribution in [2.24, 2.45) is 0 Å². The fraction of sp³-hybridized carbons (Fsp3) is 0.562. The van der Waals surface area contributed by atoms with Gasteiger partial charge < -0.3 is 4.55 Å². The number of halogens is 1. The predicted molar refractivity (Wildman–Crippen MR) is 99.2 cm³/mol. The van der Waals surface area contributed by atoms with Gasteiger partial charge in [0.25, 0.3) is 5.69 Å². The molecule has 1 rings (SSSR count). The van der Waals surface area contributed by atoms with Crippen LogP contribution in [0.1, 0.15) is 46.6 Å². The third kappa shape index (κ3) is 6.25. The van der Waals surface area contributed by atoms with Crippen molar-refractivity contribution in [3.05, 3.63) is 39.7 Å². The fourth-order valence-corrected chi connectivity index (χ4v) is 3.77. The van der Waals surface area contributed by atoms with Gasteiger partial charge in [0.2, 0.25) is 0 Å². The second-order valence-electron chi connectivity index (χ2n) is 6.83. The van der Waals surface area contributed by atoms with Crippen LogP contribution in [0, 0.1) is 15.9 Å². The van der Waals surface area contributed by atoms with Crippen molar-refractivity contribution in [1.82, 2.24) is 4.72 Å². The van der Waals surface area contributed by atoms with E-state index in [1.54, 1.807) is 27.7 Å². The Morgan fingerprint density at radius 3 is 2.44 bits per heavy atom. The maximum atomic E-state index is 14.4. The molecular weight excluding hydrogens is 367 g/mol. The molecule has 0 spiro atoms. The fourth-order valence-electron chi connectivity index (χ4n) is 2.05. The summed E-state index contributed by atoms with van der Waals surface area (Å²) >= 11 is -0.458. The van der Waals surface area contributed by atoms with E-state index in [1.165, 1.54) is 6.92 Å². The molecular formula is C16H23FN2O4S2. The van der Waals surface area contributed by atoms with Crippen molar-refractivity contribution in [2.45, 2.75) is 51.3 Å². The van der Waals surface area contributed by atoms with Crippen molar-refractivity contribution in [1.29, 1.82) is 0 Å². The minimum Gasteiger partial charge on any atom is -0.598 e. The van der Waals surface area contributed by atoms with E-state index in [4.69, 9.17) is 0 Å². The summed E-state index contributed by atoms with van der Waals surface area (Å²) < 4.78 is 29.3. The Morgan fingerprint density at radius 2 is 1.96 bits per heavy atom. The van der Waals surface area contributed by atoms with Crippen LogP contribution in [-0.2, 0) is 21.7 Å². The Labute approximate surface area is 154 Å². The highest BCUT2D eigenvalue weighted by Crippen LogP contribution is 2.33. The molecule has 2 atom stereocenters. The van der Waals surface area contributed by atoms with E-state index in [9.17, 15) is 23.9 Å². The molecule has 0 aliphatic carbocycles. The van der Waals surface area contributed by atoms with Gasteiger partial charge in [-0.1, -0.05) is 11.8 Å². The molecule has 0 aliphatic heterocycles. The average molecular weight is 391 g/mol. The summed E-state index contributed by atoms with van der Waals surface area (Å²) in [6, 6.07) is 3.27. The molecule has 0 saturated carbocycles. The van der Waals surface area contributed by atoms with Crippen molar-refractivity contribution in [3.63, 3.8) is 0 Å². The molecule has 0 aliphatic rings. The SMILES string of the molecule is CC(=O)SCC[C@@](C)(N[S+]([O-])C(C)(C)C)c1cc([N+](=O)[O-])ccc1F. The van der Waals surface area contributed by atoms with Crippen molar-refractivity contribution in [2.75, 3.05) is 5.75 Å². The van der Waals surface area contributed by atoms with Crippen LogP contribution in [0.25, 0.3) is 0 Å². The first-order chi connectivity index (χ1) is 11.4. The summed E-state index contributed by atoms with van der Waals surface area (Å²) in [5.41, 5.74) is -1.31. The van der Waals surface area contributed by atoms with E-state index < -0.39 is 32.4 Å². The number of benzene rings is 1. The van der Waals surface area contributed by atoms with Gasteiger partial charge in [-0.05, 0) is 40.2 Å². The summed E-state index contributed by atoms with van der Waals surface area (Å²) in [5.74, 6) is -0.262. The first-order valence-electron chi connectivity index (χ1n) is 7.64. The van der Waals surface area contributed by atoms with Crippen LogP contribution in [0.15, 0.2) is 18.2 Å². The Kier molecular flexibility index (Phi) is 7.42. The molecule has 140 valence electrons.